The molecule has 0 aliphatic heterocycles. The molecule has 1 N–H and O–H groups in total. The van der Waals surface area contributed by atoms with Crippen molar-refractivity contribution >= 4 is 32.8 Å². The molecule has 0 radical (unpaired) electrons. The van der Waals surface area contributed by atoms with Crippen molar-refractivity contribution in [3.63, 3.8) is 0 Å². The van der Waals surface area contributed by atoms with E-state index < -0.39 is 0 Å². The second kappa shape index (κ2) is 7.05. The van der Waals surface area contributed by atoms with E-state index in [9.17, 15) is 0 Å². The molecule has 0 aliphatic rings. The maximum Gasteiger partial charge on any atom is 0.161 e. The number of fused-ring (bicyclic) bond motifs is 1. The number of hydrogen-bond donors (Lipinski definition) is 1. The van der Waals surface area contributed by atoms with Crippen LogP contribution in [0.1, 0.15) is 11.1 Å². The van der Waals surface area contributed by atoms with Gasteiger partial charge in [-0.15, -0.1) is 0 Å². The lowest BCUT2D eigenvalue weighted by Gasteiger charge is -2.12. The maximum absolute atomic E-state index is 5.30. The molecule has 24 heavy (non-hydrogen) atoms. The highest BCUT2D eigenvalue weighted by Crippen LogP contribution is 2.25. The minimum Gasteiger partial charge on any atom is -0.497 e. The standard InChI is InChI=1S/C18H18BrN3O2/c1-11-4-13-7-14(19)10-21-18(13)22-17(11)20-9-12-5-15(23-2)8-16(6-12)24-3/h4-8,10H,9H2,1-3H3,(H,20,21,22). The van der Waals surface area contributed by atoms with Crippen LogP contribution in [-0.2, 0) is 6.54 Å². The van der Waals surface area contributed by atoms with E-state index >= 15 is 0 Å². The zero-order valence-electron chi connectivity index (χ0n) is 13.8. The van der Waals surface area contributed by atoms with Crippen molar-refractivity contribution in [2.24, 2.45) is 0 Å². The Morgan fingerprint density at radius 1 is 1.04 bits per heavy atom. The van der Waals surface area contributed by atoms with Crippen molar-refractivity contribution in [2.75, 3.05) is 19.5 Å². The van der Waals surface area contributed by atoms with Gasteiger partial charge in [0, 0.05) is 28.7 Å². The van der Waals surface area contributed by atoms with E-state index in [0.29, 0.717) is 6.54 Å². The van der Waals surface area contributed by atoms with Crippen LogP contribution in [0, 0.1) is 6.92 Å². The van der Waals surface area contributed by atoms with Crippen LogP contribution < -0.4 is 14.8 Å². The SMILES string of the molecule is COc1cc(CNc2nc3ncc(Br)cc3cc2C)cc(OC)c1. The van der Waals surface area contributed by atoms with Crippen LogP contribution in [0.25, 0.3) is 11.0 Å². The molecule has 0 fully saturated rings. The van der Waals surface area contributed by atoms with E-state index in [1.165, 1.54) is 0 Å². The summed E-state index contributed by atoms with van der Waals surface area (Å²) in [5, 5.41) is 4.37. The van der Waals surface area contributed by atoms with Gasteiger partial charge in [0.15, 0.2) is 5.65 Å². The summed E-state index contributed by atoms with van der Waals surface area (Å²) in [7, 11) is 3.29. The van der Waals surface area contributed by atoms with Crippen LogP contribution in [-0.4, -0.2) is 24.2 Å². The summed E-state index contributed by atoms with van der Waals surface area (Å²) in [5.41, 5.74) is 2.84. The molecule has 2 aromatic heterocycles. The Balaban J connectivity index is 1.85. The molecule has 0 aliphatic carbocycles. The van der Waals surface area contributed by atoms with Crippen LogP contribution in [0.2, 0.25) is 0 Å². The van der Waals surface area contributed by atoms with Crippen LogP contribution in [0.3, 0.4) is 0 Å². The van der Waals surface area contributed by atoms with Gasteiger partial charge in [-0.3, -0.25) is 0 Å². The predicted octanol–water partition coefficient (Wildman–Crippen LogP) is 4.33. The number of nitrogens with one attached hydrogen (secondary N) is 1. The molecule has 3 rings (SSSR count). The smallest absolute Gasteiger partial charge is 0.161 e. The van der Waals surface area contributed by atoms with E-state index in [1.54, 1.807) is 20.4 Å². The zero-order chi connectivity index (χ0) is 17.1. The Labute approximate surface area is 149 Å². The first-order chi connectivity index (χ1) is 11.6. The number of methoxy groups -OCH3 is 2. The summed E-state index contributed by atoms with van der Waals surface area (Å²) in [5.74, 6) is 2.35. The molecule has 0 atom stereocenters. The third-order valence-corrected chi connectivity index (χ3v) is 4.13. The molecule has 6 heteroatoms. The van der Waals surface area contributed by atoms with Crippen LogP contribution in [0.4, 0.5) is 5.82 Å². The molecule has 124 valence electrons. The monoisotopic (exact) mass is 387 g/mol. The fraction of sp³-hybridized carbons (Fsp3) is 0.222. The second-order valence-corrected chi connectivity index (χ2v) is 6.34. The average Bonchev–Trinajstić information content (AvgIpc) is 2.59. The first kappa shape index (κ1) is 16.5. The summed E-state index contributed by atoms with van der Waals surface area (Å²) in [4.78, 5) is 8.96. The molecular weight excluding hydrogens is 370 g/mol. The van der Waals surface area contributed by atoms with E-state index in [2.05, 4.69) is 37.3 Å². The van der Waals surface area contributed by atoms with Crippen LogP contribution in [0.15, 0.2) is 41.0 Å². The normalized spacial score (nSPS) is 10.7. The molecule has 0 unspecified atom stereocenters. The number of halogens is 1. The fourth-order valence-corrected chi connectivity index (χ4v) is 2.83. The molecular formula is C18H18BrN3O2. The molecule has 1 aromatic carbocycles. The molecule has 2 heterocycles. The van der Waals surface area contributed by atoms with Crippen molar-refractivity contribution in [3.8, 4) is 11.5 Å². The van der Waals surface area contributed by atoms with Gasteiger partial charge in [-0.2, -0.15) is 0 Å². The van der Waals surface area contributed by atoms with Crippen molar-refractivity contribution in [1.29, 1.82) is 0 Å². The number of benzene rings is 1. The lowest BCUT2D eigenvalue weighted by atomic mass is 10.2. The highest BCUT2D eigenvalue weighted by atomic mass is 79.9. The molecule has 0 spiro atoms. The maximum atomic E-state index is 5.30. The number of anilines is 1. The third-order valence-electron chi connectivity index (χ3n) is 3.70. The van der Waals surface area contributed by atoms with Crippen LogP contribution in [0.5, 0.6) is 11.5 Å². The van der Waals surface area contributed by atoms with Crippen molar-refractivity contribution in [1.82, 2.24) is 9.97 Å². The highest BCUT2D eigenvalue weighted by molar-refractivity contribution is 9.10. The van der Waals surface area contributed by atoms with E-state index in [0.717, 1.165) is 43.9 Å². The van der Waals surface area contributed by atoms with Gasteiger partial charge >= 0.3 is 0 Å². The van der Waals surface area contributed by atoms with E-state index in [-0.39, 0.29) is 0 Å². The van der Waals surface area contributed by atoms with Crippen molar-refractivity contribution in [2.45, 2.75) is 13.5 Å². The summed E-state index contributed by atoms with van der Waals surface area (Å²) in [6, 6.07) is 9.89. The molecule has 0 amide bonds. The summed E-state index contributed by atoms with van der Waals surface area (Å²) in [6.07, 6.45) is 1.75. The quantitative estimate of drug-likeness (QED) is 0.705. The third kappa shape index (κ3) is 3.59. The Bertz CT molecular complexity index is 861. The van der Waals surface area contributed by atoms with Crippen molar-refractivity contribution in [3.05, 3.63) is 52.1 Å². The molecule has 3 aromatic rings. The number of nitrogens with zero attached hydrogens (tertiary/aromatic N) is 2. The number of rotatable bonds is 5. The van der Waals surface area contributed by atoms with E-state index in [1.807, 2.05) is 31.2 Å². The number of hydrogen-bond acceptors (Lipinski definition) is 5. The predicted molar refractivity (Wildman–Crippen MR) is 98.8 cm³/mol. The Morgan fingerprint density at radius 2 is 1.75 bits per heavy atom. The number of aryl methyl sites for hydroxylation is 1. The second-order valence-electron chi connectivity index (χ2n) is 5.43. The average molecular weight is 388 g/mol. The minimum absolute atomic E-state index is 0.615. The van der Waals surface area contributed by atoms with Crippen LogP contribution >= 0.6 is 15.9 Å². The summed E-state index contributed by atoms with van der Waals surface area (Å²) < 4.78 is 11.6. The molecule has 0 saturated carbocycles. The minimum atomic E-state index is 0.615. The van der Waals surface area contributed by atoms with E-state index in [4.69, 9.17) is 9.47 Å². The van der Waals surface area contributed by atoms with Crippen molar-refractivity contribution < 1.29 is 9.47 Å². The first-order valence-electron chi connectivity index (χ1n) is 7.48. The lowest BCUT2D eigenvalue weighted by molar-refractivity contribution is 0.393. The molecule has 5 nitrogen and oxygen atoms in total. The summed E-state index contributed by atoms with van der Waals surface area (Å²) in [6.45, 7) is 2.64. The van der Waals surface area contributed by atoms with Gasteiger partial charge in [-0.05, 0) is 58.2 Å². The number of aromatic nitrogens is 2. The van der Waals surface area contributed by atoms with Gasteiger partial charge in [0.1, 0.15) is 17.3 Å². The van der Waals surface area contributed by atoms with Gasteiger partial charge in [0.2, 0.25) is 0 Å². The molecule has 0 saturated heterocycles. The highest BCUT2D eigenvalue weighted by Gasteiger charge is 2.07. The zero-order valence-corrected chi connectivity index (χ0v) is 15.3. The first-order valence-corrected chi connectivity index (χ1v) is 8.27. The van der Waals surface area contributed by atoms with Gasteiger partial charge in [-0.25, -0.2) is 9.97 Å². The number of ether oxygens (including phenoxy) is 2. The topological polar surface area (TPSA) is 56.3 Å². The Hall–Kier alpha value is -2.34. The number of pyridine rings is 2. The fourth-order valence-electron chi connectivity index (χ4n) is 2.48. The summed E-state index contributed by atoms with van der Waals surface area (Å²) >= 11 is 3.43. The largest absolute Gasteiger partial charge is 0.497 e. The lowest BCUT2D eigenvalue weighted by Crippen LogP contribution is -2.04. The van der Waals surface area contributed by atoms with Gasteiger partial charge in [0.25, 0.3) is 0 Å². The Morgan fingerprint density at radius 3 is 2.42 bits per heavy atom. The van der Waals surface area contributed by atoms with Gasteiger partial charge in [0.05, 0.1) is 14.2 Å². The van der Waals surface area contributed by atoms with Gasteiger partial charge in [-0.1, -0.05) is 0 Å². The Kier molecular flexibility index (Phi) is 4.85. The molecule has 0 bridgehead atoms. The van der Waals surface area contributed by atoms with Gasteiger partial charge < -0.3 is 14.8 Å².